The van der Waals surface area contributed by atoms with Crippen LogP contribution in [-0.4, -0.2) is 31.4 Å². The van der Waals surface area contributed by atoms with Crippen molar-refractivity contribution >= 4 is 32.7 Å². The van der Waals surface area contributed by atoms with Crippen LogP contribution < -0.4 is 0 Å². The number of alkyl halides is 3. The van der Waals surface area contributed by atoms with Gasteiger partial charge in [0.25, 0.3) is 0 Å². The Bertz CT molecular complexity index is 1090. The highest BCUT2D eigenvalue weighted by Crippen LogP contribution is 2.39. The number of halogens is 3. The van der Waals surface area contributed by atoms with Crippen molar-refractivity contribution in [1.82, 2.24) is 24.7 Å². The number of hydrogen-bond donors (Lipinski definition) is 0. The zero-order chi connectivity index (χ0) is 21.0. The van der Waals surface area contributed by atoms with Crippen molar-refractivity contribution in [3.05, 3.63) is 35.6 Å². The highest BCUT2D eigenvalue weighted by Gasteiger charge is 2.23. The Labute approximate surface area is 170 Å². The van der Waals surface area contributed by atoms with Gasteiger partial charge in [-0.15, -0.1) is 0 Å². The van der Waals surface area contributed by atoms with Gasteiger partial charge in [0, 0.05) is 36.3 Å². The standard InChI is InChI=1S/C17H15N5S.C2H6.CHF3/c1-22-9-12-7-11(8-18-15(12)21-22)13-5-6-14-17(19-13)23-16(20-14)10-3-2-4-10;1-2;2-1(3)4/h5-10H,2-4H2,1H3;1-2H3;1H. The van der Waals surface area contributed by atoms with E-state index in [-0.39, 0.29) is 0 Å². The van der Waals surface area contributed by atoms with E-state index in [4.69, 9.17) is 9.97 Å². The fourth-order valence-corrected chi connectivity index (χ4v) is 4.10. The molecule has 29 heavy (non-hydrogen) atoms. The summed E-state index contributed by atoms with van der Waals surface area (Å²) >= 11 is 1.74. The van der Waals surface area contributed by atoms with E-state index in [0.29, 0.717) is 5.92 Å². The zero-order valence-electron chi connectivity index (χ0n) is 16.4. The van der Waals surface area contributed by atoms with Crippen molar-refractivity contribution < 1.29 is 13.2 Å². The molecule has 1 aliphatic carbocycles. The maximum absolute atomic E-state index is 9.67. The molecule has 5 rings (SSSR count). The van der Waals surface area contributed by atoms with Crippen LogP contribution in [0.5, 0.6) is 0 Å². The molecule has 0 saturated heterocycles. The molecule has 4 aromatic rings. The minimum atomic E-state index is -3.67. The van der Waals surface area contributed by atoms with Crippen molar-refractivity contribution in [3.63, 3.8) is 0 Å². The van der Waals surface area contributed by atoms with Gasteiger partial charge in [-0.05, 0) is 31.0 Å². The fourth-order valence-electron chi connectivity index (χ4n) is 3.00. The quantitative estimate of drug-likeness (QED) is 0.392. The van der Waals surface area contributed by atoms with Crippen LogP contribution in [0.15, 0.2) is 30.6 Å². The fraction of sp³-hybridized carbons (Fsp3) is 0.400. The van der Waals surface area contributed by atoms with Crippen molar-refractivity contribution in [1.29, 1.82) is 0 Å². The maximum atomic E-state index is 9.67. The molecule has 4 aromatic heterocycles. The molecule has 1 aliphatic rings. The van der Waals surface area contributed by atoms with Crippen molar-refractivity contribution in [2.75, 3.05) is 0 Å². The van der Waals surface area contributed by atoms with Gasteiger partial charge in [-0.3, -0.25) is 4.68 Å². The van der Waals surface area contributed by atoms with Crippen LogP contribution in [0.4, 0.5) is 13.2 Å². The van der Waals surface area contributed by atoms with Crippen LogP contribution >= 0.6 is 11.3 Å². The average Bonchev–Trinajstić information content (AvgIpc) is 3.22. The Morgan fingerprint density at radius 1 is 1.14 bits per heavy atom. The minimum absolute atomic E-state index is 0.658. The third-order valence-corrected chi connectivity index (χ3v) is 5.62. The number of rotatable bonds is 2. The average molecular weight is 421 g/mol. The van der Waals surface area contributed by atoms with Gasteiger partial charge < -0.3 is 0 Å². The molecular weight excluding hydrogens is 399 g/mol. The molecular formula is C20H22F3N5S. The summed E-state index contributed by atoms with van der Waals surface area (Å²) in [5.41, 5.74) is 3.74. The number of aryl methyl sites for hydroxylation is 1. The molecule has 0 unspecified atom stereocenters. The largest absolute Gasteiger partial charge is 0.379 e. The van der Waals surface area contributed by atoms with E-state index in [1.165, 1.54) is 24.3 Å². The first kappa shape index (κ1) is 21.2. The van der Waals surface area contributed by atoms with E-state index < -0.39 is 6.68 Å². The molecule has 5 nitrogen and oxygen atoms in total. The van der Waals surface area contributed by atoms with Crippen LogP contribution in [0.2, 0.25) is 0 Å². The Kier molecular flexibility index (Phi) is 6.79. The van der Waals surface area contributed by atoms with Gasteiger partial charge in [-0.1, -0.05) is 31.6 Å². The van der Waals surface area contributed by atoms with Crippen LogP contribution in [0.25, 0.3) is 32.6 Å². The SMILES string of the molecule is CC.Cn1cc2cc(-c3ccc4nc(C5CCC5)sc4n3)cnc2n1.FC(F)F. The second-order valence-electron chi connectivity index (χ2n) is 6.39. The second kappa shape index (κ2) is 9.30. The molecule has 0 aromatic carbocycles. The lowest BCUT2D eigenvalue weighted by Gasteiger charge is -2.22. The summed E-state index contributed by atoms with van der Waals surface area (Å²) in [7, 11) is 1.91. The highest BCUT2D eigenvalue weighted by atomic mass is 32.1. The van der Waals surface area contributed by atoms with Gasteiger partial charge in [0.2, 0.25) is 0 Å². The van der Waals surface area contributed by atoms with Gasteiger partial charge in [0.05, 0.1) is 10.7 Å². The normalized spacial score (nSPS) is 13.6. The Hall–Kier alpha value is -2.55. The van der Waals surface area contributed by atoms with E-state index in [1.54, 1.807) is 16.0 Å². The van der Waals surface area contributed by atoms with E-state index in [0.717, 1.165) is 32.6 Å². The van der Waals surface area contributed by atoms with Crippen molar-refractivity contribution in [3.8, 4) is 11.3 Å². The van der Waals surface area contributed by atoms with Crippen LogP contribution in [0.3, 0.4) is 0 Å². The van der Waals surface area contributed by atoms with Crippen molar-refractivity contribution in [2.45, 2.75) is 45.7 Å². The second-order valence-corrected chi connectivity index (χ2v) is 7.40. The van der Waals surface area contributed by atoms with Gasteiger partial charge in [-0.2, -0.15) is 18.3 Å². The van der Waals surface area contributed by atoms with Crippen LogP contribution in [-0.2, 0) is 7.05 Å². The molecule has 9 heteroatoms. The Balaban J connectivity index is 0.000000361. The first-order chi connectivity index (χ1) is 14.0. The topological polar surface area (TPSA) is 56.5 Å². The molecule has 1 fully saturated rings. The number of thiazole rings is 1. The first-order valence-corrected chi connectivity index (χ1v) is 10.3. The molecule has 0 aliphatic heterocycles. The summed E-state index contributed by atoms with van der Waals surface area (Å²) in [5, 5.41) is 6.59. The molecule has 154 valence electrons. The molecule has 0 bridgehead atoms. The molecule has 0 amide bonds. The lowest BCUT2D eigenvalue weighted by molar-refractivity contribution is 0.00819. The number of nitrogens with zero attached hydrogens (tertiary/aromatic N) is 5. The van der Waals surface area contributed by atoms with Gasteiger partial charge in [-0.25, -0.2) is 15.0 Å². The van der Waals surface area contributed by atoms with Gasteiger partial charge in [0.1, 0.15) is 10.3 Å². The molecule has 1 saturated carbocycles. The number of pyridine rings is 2. The lowest BCUT2D eigenvalue weighted by atomic mass is 9.86. The van der Waals surface area contributed by atoms with Crippen molar-refractivity contribution in [2.24, 2.45) is 7.05 Å². The molecule has 0 atom stereocenters. The summed E-state index contributed by atoms with van der Waals surface area (Å²) in [5.74, 6) is 0.658. The summed E-state index contributed by atoms with van der Waals surface area (Å²) in [6.07, 6.45) is 7.70. The predicted octanol–water partition coefficient (Wildman–Crippen LogP) is 6.11. The van der Waals surface area contributed by atoms with Gasteiger partial charge >= 0.3 is 6.68 Å². The highest BCUT2D eigenvalue weighted by molar-refractivity contribution is 7.18. The molecule has 0 N–H and O–H groups in total. The molecule has 4 heterocycles. The Morgan fingerprint density at radius 3 is 2.52 bits per heavy atom. The van der Waals surface area contributed by atoms with Gasteiger partial charge in [0.15, 0.2) is 5.65 Å². The van der Waals surface area contributed by atoms with E-state index >= 15 is 0 Å². The molecule has 0 spiro atoms. The van der Waals surface area contributed by atoms with E-state index in [9.17, 15) is 13.2 Å². The maximum Gasteiger partial charge on any atom is 0.379 e. The summed E-state index contributed by atoms with van der Waals surface area (Å²) < 4.78 is 30.8. The smallest absolute Gasteiger partial charge is 0.273 e. The summed E-state index contributed by atoms with van der Waals surface area (Å²) in [6.45, 7) is 0.333. The van der Waals surface area contributed by atoms with Crippen LogP contribution in [0, 0.1) is 0 Å². The minimum Gasteiger partial charge on any atom is -0.273 e. The monoisotopic (exact) mass is 421 g/mol. The summed E-state index contributed by atoms with van der Waals surface area (Å²) in [4.78, 5) is 15.0. The first-order valence-electron chi connectivity index (χ1n) is 9.49. The zero-order valence-corrected chi connectivity index (χ0v) is 17.3. The number of hydrogen-bond acceptors (Lipinski definition) is 5. The Morgan fingerprint density at radius 2 is 1.86 bits per heavy atom. The molecule has 0 radical (unpaired) electrons. The predicted molar refractivity (Wildman–Crippen MR) is 110 cm³/mol. The summed E-state index contributed by atoms with van der Waals surface area (Å²) in [6, 6.07) is 6.20. The van der Waals surface area contributed by atoms with E-state index in [1.807, 2.05) is 39.4 Å². The van der Waals surface area contributed by atoms with E-state index in [2.05, 4.69) is 22.2 Å². The third-order valence-electron chi connectivity index (χ3n) is 4.50. The third kappa shape index (κ3) is 4.90. The van der Waals surface area contributed by atoms with Crippen LogP contribution in [0.1, 0.15) is 44.0 Å². The number of aromatic nitrogens is 5. The lowest BCUT2D eigenvalue weighted by Crippen LogP contribution is -2.07. The number of fused-ring (bicyclic) bond motifs is 2.